The highest BCUT2D eigenvalue weighted by Crippen LogP contribution is 2.23. The van der Waals surface area contributed by atoms with E-state index in [0.717, 1.165) is 23.4 Å². The fourth-order valence-corrected chi connectivity index (χ4v) is 3.61. The summed E-state index contributed by atoms with van der Waals surface area (Å²) in [6.07, 6.45) is 7.95. The standard InChI is InChI=1S/C18H29BrN2/c1-2-4-15-5-3-12-21(13-10-15)14-11-18(20)16-6-8-17(19)9-7-16/h6-9,15,18H,2-5,10-14,20H2,1H3. The SMILES string of the molecule is CCCC1CCCN(CCC(N)c2ccc(Br)cc2)CC1. The molecule has 0 spiro atoms. The predicted octanol–water partition coefficient (Wildman–Crippen LogP) is 4.74. The van der Waals surface area contributed by atoms with Gasteiger partial charge in [0.25, 0.3) is 0 Å². The molecule has 0 bridgehead atoms. The first-order chi connectivity index (χ1) is 10.2. The number of nitrogens with zero attached hydrogens (tertiary/aromatic N) is 1. The average molecular weight is 353 g/mol. The van der Waals surface area contributed by atoms with Crippen molar-refractivity contribution in [3.05, 3.63) is 34.3 Å². The zero-order chi connectivity index (χ0) is 15.1. The summed E-state index contributed by atoms with van der Waals surface area (Å²) in [5.74, 6) is 0.958. The highest BCUT2D eigenvalue weighted by atomic mass is 79.9. The molecule has 0 saturated carbocycles. The molecule has 0 aromatic heterocycles. The molecule has 2 unspecified atom stereocenters. The van der Waals surface area contributed by atoms with E-state index in [4.69, 9.17) is 5.73 Å². The zero-order valence-corrected chi connectivity index (χ0v) is 14.8. The Morgan fingerprint density at radius 1 is 1.24 bits per heavy atom. The predicted molar refractivity (Wildman–Crippen MR) is 94.4 cm³/mol. The van der Waals surface area contributed by atoms with E-state index in [0.29, 0.717) is 0 Å². The normalized spacial score (nSPS) is 22.0. The number of hydrogen-bond donors (Lipinski definition) is 1. The lowest BCUT2D eigenvalue weighted by Gasteiger charge is -2.22. The Hall–Kier alpha value is -0.380. The summed E-state index contributed by atoms with van der Waals surface area (Å²) in [6, 6.07) is 8.59. The van der Waals surface area contributed by atoms with Crippen molar-refractivity contribution < 1.29 is 0 Å². The monoisotopic (exact) mass is 352 g/mol. The second-order valence-electron chi connectivity index (χ2n) is 6.37. The van der Waals surface area contributed by atoms with E-state index in [1.165, 1.54) is 50.8 Å². The van der Waals surface area contributed by atoms with Gasteiger partial charge in [0, 0.05) is 10.5 Å². The summed E-state index contributed by atoms with van der Waals surface area (Å²) in [6.45, 7) is 5.96. The lowest BCUT2D eigenvalue weighted by molar-refractivity contribution is 0.268. The molecule has 1 heterocycles. The second-order valence-corrected chi connectivity index (χ2v) is 7.29. The number of nitrogens with two attached hydrogens (primary N) is 1. The highest BCUT2D eigenvalue weighted by molar-refractivity contribution is 9.10. The van der Waals surface area contributed by atoms with Crippen LogP contribution in [0.2, 0.25) is 0 Å². The van der Waals surface area contributed by atoms with Crippen LogP contribution in [0.15, 0.2) is 28.7 Å². The van der Waals surface area contributed by atoms with Gasteiger partial charge >= 0.3 is 0 Å². The van der Waals surface area contributed by atoms with Gasteiger partial charge in [0.15, 0.2) is 0 Å². The van der Waals surface area contributed by atoms with Crippen molar-refractivity contribution in [2.45, 2.75) is 51.5 Å². The Bertz CT molecular complexity index is 404. The Balaban J connectivity index is 1.76. The van der Waals surface area contributed by atoms with Gasteiger partial charge in [-0.1, -0.05) is 47.8 Å². The van der Waals surface area contributed by atoms with Crippen molar-refractivity contribution in [1.29, 1.82) is 0 Å². The molecule has 2 atom stereocenters. The summed E-state index contributed by atoms with van der Waals surface area (Å²) < 4.78 is 1.12. The Morgan fingerprint density at radius 2 is 2.00 bits per heavy atom. The summed E-state index contributed by atoms with van der Waals surface area (Å²) >= 11 is 3.47. The van der Waals surface area contributed by atoms with Crippen LogP contribution in [-0.2, 0) is 0 Å². The molecular weight excluding hydrogens is 324 g/mol. The molecular formula is C18H29BrN2. The van der Waals surface area contributed by atoms with Gasteiger partial charge in [0.1, 0.15) is 0 Å². The number of rotatable bonds is 6. The molecule has 0 amide bonds. The first-order valence-electron chi connectivity index (χ1n) is 8.42. The Labute approximate surface area is 138 Å². The lowest BCUT2D eigenvalue weighted by atomic mass is 9.96. The number of benzene rings is 1. The first-order valence-corrected chi connectivity index (χ1v) is 9.21. The van der Waals surface area contributed by atoms with Crippen LogP contribution >= 0.6 is 15.9 Å². The highest BCUT2D eigenvalue weighted by Gasteiger charge is 2.17. The maximum atomic E-state index is 6.33. The smallest absolute Gasteiger partial charge is 0.0307 e. The molecule has 21 heavy (non-hydrogen) atoms. The summed E-state index contributed by atoms with van der Waals surface area (Å²) in [5.41, 5.74) is 7.58. The zero-order valence-electron chi connectivity index (χ0n) is 13.2. The molecule has 1 aliphatic heterocycles. The molecule has 1 saturated heterocycles. The minimum absolute atomic E-state index is 0.160. The molecule has 0 radical (unpaired) electrons. The van der Waals surface area contributed by atoms with E-state index >= 15 is 0 Å². The Kier molecular flexibility index (Phi) is 7.21. The maximum absolute atomic E-state index is 6.33. The van der Waals surface area contributed by atoms with E-state index in [9.17, 15) is 0 Å². The van der Waals surface area contributed by atoms with Crippen molar-refractivity contribution in [3.63, 3.8) is 0 Å². The van der Waals surface area contributed by atoms with Crippen LogP contribution in [0, 0.1) is 5.92 Å². The van der Waals surface area contributed by atoms with Crippen molar-refractivity contribution in [3.8, 4) is 0 Å². The maximum Gasteiger partial charge on any atom is 0.0307 e. The van der Waals surface area contributed by atoms with E-state index in [1.807, 2.05) is 0 Å². The summed E-state index contributed by atoms with van der Waals surface area (Å²) in [5, 5.41) is 0. The van der Waals surface area contributed by atoms with Crippen LogP contribution in [0.1, 0.15) is 57.1 Å². The third-order valence-corrected chi connectivity index (χ3v) is 5.22. The van der Waals surface area contributed by atoms with Gasteiger partial charge in [0.05, 0.1) is 0 Å². The van der Waals surface area contributed by atoms with Crippen molar-refractivity contribution in [1.82, 2.24) is 4.90 Å². The third kappa shape index (κ3) is 5.72. The lowest BCUT2D eigenvalue weighted by Crippen LogP contribution is -2.28. The fourth-order valence-electron chi connectivity index (χ4n) is 3.34. The van der Waals surface area contributed by atoms with Gasteiger partial charge in [-0.15, -0.1) is 0 Å². The average Bonchev–Trinajstić information content (AvgIpc) is 2.71. The van der Waals surface area contributed by atoms with E-state index < -0.39 is 0 Å². The molecule has 2 rings (SSSR count). The van der Waals surface area contributed by atoms with Crippen LogP contribution in [0.3, 0.4) is 0 Å². The molecule has 2 nitrogen and oxygen atoms in total. The van der Waals surface area contributed by atoms with E-state index in [-0.39, 0.29) is 6.04 Å². The van der Waals surface area contributed by atoms with Crippen LogP contribution in [-0.4, -0.2) is 24.5 Å². The molecule has 118 valence electrons. The van der Waals surface area contributed by atoms with Crippen LogP contribution in [0.25, 0.3) is 0 Å². The van der Waals surface area contributed by atoms with Gasteiger partial charge in [-0.3, -0.25) is 0 Å². The van der Waals surface area contributed by atoms with Gasteiger partial charge in [0.2, 0.25) is 0 Å². The number of hydrogen-bond acceptors (Lipinski definition) is 2. The number of halogens is 1. The first kappa shape index (κ1) is 17.0. The molecule has 1 aromatic rings. The minimum atomic E-state index is 0.160. The fraction of sp³-hybridized carbons (Fsp3) is 0.667. The molecule has 1 aromatic carbocycles. The van der Waals surface area contributed by atoms with E-state index in [2.05, 4.69) is 52.0 Å². The van der Waals surface area contributed by atoms with Crippen molar-refractivity contribution in [2.75, 3.05) is 19.6 Å². The van der Waals surface area contributed by atoms with E-state index in [1.54, 1.807) is 0 Å². The number of likely N-dealkylation sites (tertiary alicyclic amines) is 1. The van der Waals surface area contributed by atoms with Crippen LogP contribution in [0.5, 0.6) is 0 Å². The largest absolute Gasteiger partial charge is 0.324 e. The van der Waals surface area contributed by atoms with Gasteiger partial charge in [-0.2, -0.15) is 0 Å². The quantitative estimate of drug-likeness (QED) is 0.800. The second kappa shape index (κ2) is 8.92. The topological polar surface area (TPSA) is 29.3 Å². The van der Waals surface area contributed by atoms with Crippen LogP contribution in [0.4, 0.5) is 0 Å². The van der Waals surface area contributed by atoms with Gasteiger partial charge in [-0.25, -0.2) is 0 Å². The third-order valence-electron chi connectivity index (χ3n) is 4.69. The Morgan fingerprint density at radius 3 is 2.71 bits per heavy atom. The molecule has 1 aliphatic rings. The van der Waals surface area contributed by atoms with Crippen molar-refractivity contribution >= 4 is 15.9 Å². The minimum Gasteiger partial charge on any atom is -0.324 e. The molecule has 1 fully saturated rings. The molecule has 0 aliphatic carbocycles. The van der Waals surface area contributed by atoms with Gasteiger partial charge in [-0.05, 0) is 68.9 Å². The van der Waals surface area contributed by atoms with Gasteiger partial charge < -0.3 is 10.6 Å². The summed E-state index contributed by atoms with van der Waals surface area (Å²) in [4.78, 5) is 2.62. The van der Waals surface area contributed by atoms with Crippen LogP contribution < -0.4 is 5.73 Å². The summed E-state index contributed by atoms with van der Waals surface area (Å²) in [7, 11) is 0. The molecule has 3 heteroatoms. The van der Waals surface area contributed by atoms with Crippen molar-refractivity contribution in [2.24, 2.45) is 11.7 Å². The molecule has 2 N–H and O–H groups in total.